The van der Waals surface area contributed by atoms with Gasteiger partial charge in [-0.05, 0) is 40.2 Å². The lowest BCUT2D eigenvalue weighted by Crippen LogP contribution is -2.12. The number of nitro groups is 1. The number of hydrogen-bond acceptors (Lipinski definition) is 4. The molecule has 0 unspecified atom stereocenters. The third-order valence-electron chi connectivity index (χ3n) is 2.32. The molecule has 1 N–H and O–H groups in total. The Bertz CT molecular complexity index is 631. The molecule has 0 spiro atoms. The zero-order valence-corrected chi connectivity index (χ0v) is 11.1. The van der Waals surface area contributed by atoms with Crippen LogP contribution in [0.25, 0.3) is 0 Å². The monoisotopic (exact) mass is 321 g/mol. The van der Waals surface area contributed by atoms with Crippen LogP contribution in [0.4, 0.5) is 11.4 Å². The molecular formula is C12H8BrN3O3. The van der Waals surface area contributed by atoms with E-state index in [0.29, 0.717) is 15.7 Å². The van der Waals surface area contributed by atoms with Crippen molar-refractivity contribution in [3.63, 3.8) is 0 Å². The zero-order valence-electron chi connectivity index (χ0n) is 9.54. The Morgan fingerprint density at radius 2 is 2.16 bits per heavy atom. The van der Waals surface area contributed by atoms with E-state index in [1.54, 1.807) is 24.4 Å². The Hall–Kier alpha value is -2.28. The molecule has 0 radical (unpaired) electrons. The number of carbonyl (C=O) groups is 1. The molecule has 0 fully saturated rings. The van der Waals surface area contributed by atoms with Crippen LogP contribution in [0.15, 0.2) is 47.2 Å². The molecule has 1 amide bonds. The Kier molecular flexibility index (Phi) is 3.86. The van der Waals surface area contributed by atoms with Crippen molar-refractivity contribution in [3.05, 3.63) is 62.9 Å². The molecule has 1 aromatic heterocycles. The Morgan fingerprint density at radius 1 is 1.37 bits per heavy atom. The lowest BCUT2D eigenvalue weighted by atomic mass is 10.2. The number of pyridine rings is 1. The first kappa shape index (κ1) is 13.2. The zero-order chi connectivity index (χ0) is 13.8. The van der Waals surface area contributed by atoms with E-state index < -0.39 is 4.92 Å². The summed E-state index contributed by atoms with van der Waals surface area (Å²) in [5, 5.41) is 13.4. The van der Waals surface area contributed by atoms with Crippen LogP contribution >= 0.6 is 15.9 Å². The summed E-state index contributed by atoms with van der Waals surface area (Å²) in [6, 6.07) is 7.62. The SMILES string of the molecule is O=C(Nc1ccc(Br)c([N+](=O)[O-])c1)c1cccnc1. The second kappa shape index (κ2) is 5.57. The van der Waals surface area contributed by atoms with Gasteiger partial charge in [0.15, 0.2) is 0 Å². The molecule has 96 valence electrons. The Balaban J connectivity index is 2.23. The number of nitrogens with one attached hydrogen (secondary N) is 1. The number of anilines is 1. The largest absolute Gasteiger partial charge is 0.322 e. The molecule has 0 saturated heterocycles. The first-order valence-corrected chi connectivity index (χ1v) is 6.02. The minimum atomic E-state index is -0.524. The van der Waals surface area contributed by atoms with Crippen molar-refractivity contribution < 1.29 is 9.72 Å². The molecule has 0 aliphatic carbocycles. The first-order chi connectivity index (χ1) is 9.08. The van der Waals surface area contributed by atoms with Gasteiger partial charge in [0.25, 0.3) is 11.6 Å². The van der Waals surface area contributed by atoms with Crippen LogP contribution in [0.2, 0.25) is 0 Å². The van der Waals surface area contributed by atoms with Gasteiger partial charge in [0.2, 0.25) is 0 Å². The molecule has 7 heteroatoms. The average molecular weight is 322 g/mol. The van der Waals surface area contributed by atoms with Crippen molar-refractivity contribution in [1.29, 1.82) is 0 Å². The Morgan fingerprint density at radius 3 is 2.79 bits per heavy atom. The van der Waals surface area contributed by atoms with Crippen LogP contribution < -0.4 is 5.32 Å². The van der Waals surface area contributed by atoms with Crippen LogP contribution in [-0.2, 0) is 0 Å². The molecule has 1 aromatic carbocycles. The fourth-order valence-electron chi connectivity index (χ4n) is 1.43. The molecule has 0 bridgehead atoms. The normalized spacial score (nSPS) is 9.95. The second-order valence-electron chi connectivity index (χ2n) is 3.62. The maximum atomic E-state index is 11.8. The molecule has 2 aromatic rings. The highest BCUT2D eigenvalue weighted by atomic mass is 79.9. The van der Waals surface area contributed by atoms with Gasteiger partial charge in [-0.25, -0.2) is 0 Å². The number of carbonyl (C=O) groups excluding carboxylic acids is 1. The summed E-state index contributed by atoms with van der Waals surface area (Å²) in [5.41, 5.74) is 0.626. The summed E-state index contributed by atoms with van der Waals surface area (Å²) in [6.45, 7) is 0. The van der Waals surface area contributed by atoms with Gasteiger partial charge in [-0.1, -0.05) is 0 Å². The highest BCUT2D eigenvalue weighted by molar-refractivity contribution is 9.10. The number of halogens is 1. The Labute approximate surface area is 116 Å². The van der Waals surface area contributed by atoms with Gasteiger partial charge in [0.1, 0.15) is 0 Å². The van der Waals surface area contributed by atoms with E-state index in [2.05, 4.69) is 26.2 Å². The van der Waals surface area contributed by atoms with Gasteiger partial charge in [-0.15, -0.1) is 0 Å². The van der Waals surface area contributed by atoms with Crippen molar-refractivity contribution in [2.45, 2.75) is 0 Å². The summed E-state index contributed by atoms with van der Waals surface area (Å²) < 4.78 is 0.358. The fourth-order valence-corrected chi connectivity index (χ4v) is 1.82. The van der Waals surface area contributed by atoms with Gasteiger partial charge in [0.05, 0.1) is 15.0 Å². The molecule has 0 atom stereocenters. The quantitative estimate of drug-likeness (QED) is 0.695. The predicted molar refractivity (Wildman–Crippen MR) is 73.0 cm³/mol. The minimum Gasteiger partial charge on any atom is -0.322 e. The van der Waals surface area contributed by atoms with Crippen LogP contribution in [-0.4, -0.2) is 15.8 Å². The average Bonchev–Trinajstić information content (AvgIpc) is 2.41. The molecule has 0 aliphatic heterocycles. The highest BCUT2D eigenvalue weighted by Gasteiger charge is 2.14. The molecule has 6 nitrogen and oxygen atoms in total. The minimum absolute atomic E-state index is 0.107. The predicted octanol–water partition coefficient (Wildman–Crippen LogP) is 3.00. The highest BCUT2D eigenvalue weighted by Crippen LogP contribution is 2.27. The van der Waals surface area contributed by atoms with E-state index in [1.807, 2.05) is 0 Å². The van der Waals surface area contributed by atoms with E-state index in [-0.39, 0.29) is 11.6 Å². The van der Waals surface area contributed by atoms with Crippen LogP contribution in [0.1, 0.15) is 10.4 Å². The number of rotatable bonds is 3. The van der Waals surface area contributed by atoms with Crippen molar-refractivity contribution in [2.24, 2.45) is 0 Å². The number of amides is 1. The van der Waals surface area contributed by atoms with Gasteiger partial charge >= 0.3 is 0 Å². The lowest BCUT2D eigenvalue weighted by molar-refractivity contribution is -0.385. The smallest absolute Gasteiger partial charge is 0.285 e. The number of nitro benzene ring substituents is 1. The summed E-state index contributed by atoms with van der Waals surface area (Å²) in [5.74, 6) is -0.371. The van der Waals surface area contributed by atoms with Crippen molar-refractivity contribution in [1.82, 2.24) is 4.98 Å². The van der Waals surface area contributed by atoms with Crippen LogP contribution in [0.3, 0.4) is 0 Å². The summed E-state index contributed by atoms with van der Waals surface area (Å²) in [7, 11) is 0. The van der Waals surface area contributed by atoms with Crippen molar-refractivity contribution >= 4 is 33.2 Å². The molecule has 0 aliphatic rings. The topological polar surface area (TPSA) is 85.1 Å². The molecule has 2 rings (SSSR count). The standard InChI is InChI=1S/C12H8BrN3O3/c13-10-4-3-9(6-11(10)16(18)19)15-12(17)8-2-1-5-14-7-8/h1-7H,(H,15,17). The van der Waals surface area contributed by atoms with E-state index in [0.717, 1.165) is 0 Å². The maximum absolute atomic E-state index is 11.8. The molecule has 19 heavy (non-hydrogen) atoms. The molecular weight excluding hydrogens is 314 g/mol. The van der Waals surface area contributed by atoms with E-state index in [4.69, 9.17) is 0 Å². The van der Waals surface area contributed by atoms with Gasteiger partial charge in [-0.3, -0.25) is 19.9 Å². The van der Waals surface area contributed by atoms with Gasteiger partial charge in [0, 0.05) is 24.1 Å². The number of hydrogen-bond donors (Lipinski definition) is 1. The van der Waals surface area contributed by atoms with Crippen molar-refractivity contribution in [2.75, 3.05) is 5.32 Å². The first-order valence-electron chi connectivity index (χ1n) is 5.23. The van der Waals surface area contributed by atoms with Gasteiger partial charge < -0.3 is 5.32 Å². The third-order valence-corrected chi connectivity index (χ3v) is 2.99. The number of benzene rings is 1. The third kappa shape index (κ3) is 3.14. The lowest BCUT2D eigenvalue weighted by Gasteiger charge is -2.05. The summed E-state index contributed by atoms with van der Waals surface area (Å²) in [4.78, 5) is 25.9. The van der Waals surface area contributed by atoms with E-state index >= 15 is 0 Å². The van der Waals surface area contributed by atoms with Gasteiger partial charge in [-0.2, -0.15) is 0 Å². The molecule has 0 saturated carbocycles. The maximum Gasteiger partial charge on any atom is 0.285 e. The summed E-state index contributed by atoms with van der Waals surface area (Å²) in [6.07, 6.45) is 2.98. The summed E-state index contributed by atoms with van der Waals surface area (Å²) >= 11 is 3.08. The van der Waals surface area contributed by atoms with E-state index in [9.17, 15) is 14.9 Å². The fraction of sp³-hybridized carbons (Fsp3) is 0. The van der Waals surface area contributed by atoms with E-state index in [1.165, 1.54) is 18.3 Å². The number of nitrogens with zero attached hydrogens (tertiary/aromatic N) is 2. The van der Waals surface area contributed by atoms with Crippen LogP contribution in [0, 0.1) is 10.1 Å². The van der Waals surface area contributed by atoms with Crippen LogP contribution in [0.5, 0.6) is 0 Å². The van der Waals surface area contributed by atoms with Crippen molar-refractivity contribution in [3.8, 4) is 0 Å². The second-order valence-corrected chi connectivity index (χ2v) is 4.47. The molecule has 1 heterocycles. The number of aromatic nitrogens is 1.